The Balaban J connectivity index is 1.16. The number of benzene rings is 2. The number of unbranched alkanes of at least 4 members (excludes halogenated alkanes) is 3. The van der Waals surface area contributed by atoms with E-state index >= 15 is 0 Å². The molecule has 3 heterocycles. The Hall–Kier alpha value is -3.52. The predicted molar refractivity (Wildman–Crippen MR) is 173 cm³/mol. The Labute approximate surface area is 255 Å². The molecule has 0 radical (unpaired) electrons. The van der Waals surface area contributed by atoms with E-state index in [0.717, 1.165) is 55.7 Å². The van der Waals surface area contributed by atoms with Crippen molar-refractivity contribution in [1.82, 2.24) is 9.97 Å². The van der Waals surface area contributed by atoms with Gasteiger partial charge < -0.3 is 19.3 Å². The van der Waals surface area contributed by atoms with Crippen LogP contribution in [0.15, 0.2) is 53.6 Å². The molecule has 2 aromatic carbocycles. The van der Waals surface area contributed by atoms with Crippen molar-refractivity contribution in [2.24, 2.45) is 5.10 Å². The summed E-state index contributed by atoms with van der Waals surface area (Å²) in [6.07, 6.45) is 12.7. The number of anilines is 3. The van der Waals surface area contributed by atoms with Crippen LogP contribution in [-0.2, 0) is 6.42 Å². The molecule has 0 saturated carbocycles. The van der Waals surface area contributed by atoms with Crippen LogP contribution < -0.4 is 24.7 Å². The van der Waals surface area contributed by atoms with Crippen molar-refractivity contribution in [3.8, 4) is 11.5 Å². The van der Waals surface area contributed by atoms with Crippen LogP contribution in [0.2, 0.25) is 5.02 Å². The third-order valence-electron chi connectivity index (χ3n) is 7.73. The van der Waals surface area contributed by atoms with Crippen LogP contribution in [0.4, 0.5) is 17.6 Å². The van der Waals surface area contributed by atoms with Gasteiger partial charge in [0.2, 0.25) is 5.95 Å². The minimum Gasteiger partial charge on any atom is -0.490 e. The number of aryl methyl sites for hydroxylation is 1. The fourth-order valence-corrected chi connectivity index (χ4v) is 5.57. The van der Waals surface area contributed by atoms with Crippen LogP contribution in [0.1, 0.15) is 69.4 Å². The second-order valence-electron chi connectivity index (χ2n) is 11.0. The summed E-state index contributed by atoms with van der Waals surface area (Å²) in [5.41, 5.74) is 5.25. The molecule has 2 aliphatic heterocycles. The number of hydrazone groups is 1. The number of rotatable bonds is 15. The van der Waals surface area contributed by atoms with Crippen LogP contribution in [0.25, 0.3) is 0 Å². The van der Waals surface area contributed by atoms with Crippen LogP contribution in [0, 0.1) is 0 Å². The molecule has 2 aliphatic rings. The van der Waals surface area contributed by atoms with E-state index in [9.17, 15) is 0 Å². The predicted octanol–water partition coefficient (Wildman–Crippen LogP) is 7.36. The van der Waals surface area contributed by atoms with Crippen molar-refractivity contribution in [3.05, 3.63) is 64.7 Å². The lowest BCUT2D eigenvalue weighted by Gasteiger charge is -2.21. The molecule has 8 nitrogen and oxygen atoms in total. The second-order valence-corrected chi connectivity index (χ2v) is 11.4. The Bertz CT molecular complexity index is 1260. The molecule has 2 saturated heterocycles. The van der Waals surface area contributed by atoms with Gasteiger partial charge in [0.25, 0.3) is 0 Å². The molecule has 0 bridgehead atoms. The maximum absolute atomic E-state index is 6.31. The highest BCUT2D eigenvalue weighted by atomic mass is 35.5. The largest absolute Gasteiger partial charge is 0.490 e. The van der Waals surface area contributed by atoms with Crippen LogP contribution in [0.5, 0.6) is 11.5 Å². The van der Waals surface area contributed by atoms with Gasteiger partial charge >= 0.3 is 0 Å². The first-order valence-corrected chi connectivity index (χ1v) is 15.9. The third kappa shape index (κ3) is 8.74. The maximum Gasteiger partial charge on any atom is 0.229 e. The van der Waals surface area contributed by atoms with Crippen LogP contribution in [-0.4, -0.2) is 55.6 Å². The molecule has 0 amide bonds. The van der Waals surface area contributed by atoms with Gasteiger partial charge in [-0.15, -0.1) is 0 Å². The molecular weight excluding hydrogens is 548 g/mol. The van der Waals surface area contributed by atoms with Gasteiger partial charge in [-0.05, 0) is 74.4 Å². The first kappa shape index (κ1) is 30.0. The first-order valence-electron chi connectivity index (χ1n) is 15.5. The lowest BCUT2D eigenvalue weighted by atomic mass is 10.1. The van der Waals surface area contributed by atoms with Crippen molar-refractivity contribution in [2.75, 3.05) is 54.6 Å². The standard InChI is InChI=1S/C33H43ClN6O2/c1-2-3-4-5-10-26-11-14-29(15-12-26)41-21-22-42-30-16-13-28(34)23-27(30)25-35-38-31-24-32(39-17-6-7-18-39)37-33(36-31)40-19-8-9-20-40/h11-16,23-25H,2-10,17-22H2,1H3,(H,36,37,38)/b35-25+. The summed E-state index contributed by atoms with van der Waals surface area (Å²) in [4.78, 5) is 14.2. The van der Waals surface area contributed by atoms with Gasteiger partial charge in [0.15, 0.2) is 5.82 Å². The zero-order valence-electron chi connectivity index (χ0n) is 24.7. The summed E-state index contributed by atoms with van der Waals surface area (Å²) in [5.74, 6) is 3.94. The minimum absolute atomic E-state index is 0.402. The smallest absolute Gasteiger partial charge is 0.229 e. The summed E-state index contributed by atoms with van der Waals surface area (Å²) in [7, 11) is 0. The van der Waals surface area contributed by atoms with E-state index in [1.54, 1.807) is 6.21 Å². The fourth-order valence-electron chi connectivity index (χ4n) is 5.39. The van der Waals surface area contributed by atoms with Gasteiger partial charge in [-0.25, -0.2) is 0 Å². The van der Waals surface area contributed by atoms with Gasteiger partial charge in [0.1, 0.15) is 30.5 Å². The summed E-state index contributed by atoms with van der Waals surface area (Å²) in [5, 5.41) is 5.11. The Morgan fingerprint density at radius 1 is 0.857 bits per heavy atom. The number of ether oxygens (including phenoxy) is 2. The molecule has 0 unspecified atom stereocenters. The number of halogens is 1. The normalized spacial score (nSPS) is 15.1. The molecule has 42 heavy (non-hydrogen) atoms. The van der Waals surface area contributed by atoms with E-state index in [4.69, 9.17) is 31.0 Å². The zero-order valence-corrected chi connectivity index (χ0v) is 25.5. The lowest BCUT2D eigenvalue weighted by Crippen LogP contribution is -2.24. The van der Waals surface area contributed by atoms with Crippen LogP contribution in [0.3, 0.4) is 0 Å². The van der Waals surface area contributed by atoms with E-state index in [1.165, 1.54) is 56.9 Å². The van der Waals surface area contributed by atoms with Gasteiger partial charge in [-0.2, -0.15) is 15.1 Å². The van der Waals surface area contributed by atoms with Crippen molar-refractivity contribution in [2.45, 2.75) is 64.7 Å². The molecule has 5 rings (SSSR count). The van der Waals surface area contributed by atoms with Crippen molar-refractivity contribution in [1.29, 1.82) is 0 Å². The molecule has 1 aromatic heterocycles. The van der Waals surface area contributed by atoms with Crippen LogP contribution >= 0.6 is 11.6 Å². The molecule has 0 atom stereocenters. The molecule has 0 aliphatic carbocycles. The average Bonchev–Trinajstić information content (AvgIpc) is 3.75. The average molecular weight is 591 g/mol. The number of hydrogen-bond acceptors (Lipinski definition) is 8. The summed E-state index contributed by atoms with van der Waals surface area (Å²) in [6.45, 7) is 7.11. The summed E-state index contributed by atoms with van der Waals surface area (Å²) >= 11 is 6.31. The van der Waals surface area contributed by atoms with Gasteiger partial charge in [-0.3, -0.25) is 5.43 Å². The fraction of sp³-hybridized carbons (Fsp3) is 0.485. The quantitative estimate of drug-likeness (QED) is 0.113. The third-order valence-corrected chi connectivity index (χ3v) is 7.96. The molecule has 3 aromatic rings. The lowest BCUT2D eigenvalue weighted by molar-refractivity contribution is 0.217. The number of nitrogens with one attached hydrogen (secondary N) is 1. The number of aromatic nitrogens is 2. The molecule has 224 valence electrons. The van der Waals surface area contributed by atoms with Crippen molar-refractivity contribution in [3.63, 3.8) is 0 Å². The monoisotopic (exact) mass is 590 g/mol. The van der Waals surface area contributed by atoms with E-state index in [0.29, 0.717) is 29.8 Å². The minimum atomic E-state index is 0.402. The zero-order chi connectivity index (χ0) is 29.0. The molecule has 0 spiro atoms. The SMILES string of the molecule is CCCCCCc1ccc(OCCOc2ccc(Cl)cc2/C=N/Nc2cc(N3CCCC3)nc(N3CCCC3)n2)cc1. The van der Waals surface area contributed by atoms with Gasteiger partial charge in [-0.1, -0.05) is 49.9 Å². The highest BCUT2D eigenvalue weighted by Crippen LogP contribution is 2.26. The Morgan fingerprint density at radius 3 is 2.36 bits per heavy atom. The Kier molecular flexibility index (Phi) is 11.2. The molecular formula is C33H43ClN6O2. The van der Waals surface area contributed by atoms with Crippen molar-refractivity contribution < 1.29 is 9.47 Å². The summed E-state index contributed by atoms with van der Waals surface area (Å²) in [6, 6.07) is 15.9. The molecule has 9 heteroatoms. The van der Waals surface area contributed by atoms with E-state index in [1.807, 2.05) is 36.4 Å². The molecule has 2 fully saturated rings. The van der Waals surface area contributed by atoms with Gasteiger partial charge in [0.05, 0.1) is 6.21 Å². The maximum atomic E-state index is 6.31. The van der Waals surface area contributed by atoms with Gasteiger partial charge in [0, 0.05) is 42.8 Å². The van der Waals surface area contributed by atoms with Crippen molar-refractivity contribution >= 4 is 35.4 Å². The first-order chi connectivity index (χ1) is 20.7. The summed E-state index contributed by atoms with van der Waals surface area (Å²) < 4.78 is 12.0. The Morgan fingerprint density at radius 2 is 1.60 bits per heavy atom. The topological polar surface area (TPSA) is 75.1 Å². The van der Waals surface area contributed by atoms with E-state index in [2.05, 4.69) is 39.4 Å². The van der Waals surface area contributed by atoms with E-state index in [-0.39, 0.29) is 0 Å². The highest BCUT2D eigenvalue weighted by molar-refractivity contribution is 6.30. The molecule has 1 N–H and O–H groups in total. The second kappa shape index (κ2) is 15.6. The highest BCUT2D eigenvalue weighted by Gasteiger charge is 2.20. The number of hydrogen-bond donors (Lipinski definition) is 1. The van der Waals surface area contributed by atoms with E-state index < -0.39 is 0 Å². The number of nitrogens with zero attached hydrogens (tertiary/aromatic N) is 5.